The first-order chi connectivity index (χ1) is 15.5. The molecule has 0 saturated carbocycles. The van der Waals surface area contributed by atoms with Crippen LogP contribution in [-0.2, 0) is 17.9 Å². The van der Waals surface area contributed by atoms with Crippen molar-refractivity contribution in [3.05, 3.63) is 100 Å². The molecule has 1 fully saturated rings. The van der Waals surface area contributed by atoms with Crippen molar-refractivity contribution in [3.63, 3.8) is 0 Å². The Morgan fingerprint density at radius 1 is 1.00 bits per heavy atom. The van der Waals surface area contributed by atoms with Gasteiger partial charge in [-0.1, -0.05) is 66.2 Å². The molecule has 0 aromatic heterocycles. The molecule has 0 aliphatic carbocycles. The number of hydrogen-bond acceptors (Lipinski definition) is 4. The van der Waals surface area contributed by atoms with Crippen molar-refractivity contribution in [1.29, 1.82) is 0 Å². The van der Waals surface area contributed by atoms with Gasteiger partial charge in [-0.05, 0) is 47.5 Å². The molecule has 6 heteroatoms. The number of carbonyl (C=O) groups excluding carboxylic acids is 1. The third-order valence-electron chi connectivity index (χ3n) is 5.92. The number of nitrogens with zero attached hydrogens (tertiary/aromatic N) is 1. The van der Waals surface area contributed by atoms with Crippen molar-refractivity contribution in [2.24, 2.45) is 5.73 Å². The number of likely N-dealkylation sites (tertiary alicyclic amines) is 1. The molecule has 2 atom stereocenters. The summed E-state index contributed by atoms with van der Waals surface area (Å²) >= 11 is 6.44. The topological polar surface area (TPSA) is 67.6 Å². The minimum atomic E-state index is -0.502. The predicted octanol–water partition coefficient (Wildman–Crippen LogP) is 5.36. The lowest BCUT2D eigenvalue weighted by Crippen LogP contribution is -2.15. The molecule has 0 unspecified atom stereocenters. The molecule has 1 aliphatic rings. The standard InChI is InChI=1S/C26H28ClN3O2/c1-30-15-24(20-9-5-8-19(10-20)14-28)25(16-30)21-11-22(27)13-23(12-21)29-26(31)32-17-18-6-3-2-4-7-18/h2-13,24-25H,14-17,28H2,1H3,(H,29,31)/t24-,25-/m1/s1. The van der Waals surface area contributed by atoms with E-state index in [0.717, 1.165) is 29.8 Å². The summed E-state index contributed by atoms with van der Waals surface area (Å²) in [6.07, 6.45) is -0.502. The van der Waals surface area contributed by atoms with Crippen LogP contribution in [-0.4, -0.2) is 31.1 Å². The van der Waals surface area contributed by atoms with Crippen LogP contribution in [0.2, 0.25) is 5.02 Å². The molecule has 166 valence electrons. The maximum atomic E-state index is 12.3. The van der Waals surface area contributed by atoms with Gasteiger partial charge in [0.25, 0.3) is 0 Å². The molecule has 32 heavy (non-hydrogen) atoms. The van der Waals surface area contributed by atoms with Crippen LogP contribution in [0.5, 0.6) is 0 Å². The zero-order valence-corrected chi connectivity index (χ0v) is 18.9. The van der Waals surface area contributed by atoms with Gasteiger partial charge in [0.1, 0.15) is 6.61 Å². The minimum Gasteiger partial charge on any atom is -0.444 e. The van der Waals surface area contributed by atoms with Crippen molar-refractivity contribution in [2.75, 3.05) is 25.5 Å². The van der Waals surface area contributed by atoms with E-state index in [1.165, 1.54) is 5.56 Å². The van der Waals surface area contributed by atoms with Gasteiger partial charge in [-0.25, -0.2) is 4.79 Å². The average molecular weight is 450 g/mol. The molecule has 1 heterocycles. The number of amides is 1. The van der Waals surface area contributed by atoms with E-state index in [1.54, 1.807) is 6.07 Å². The molecule has 0 spiro atoms. The van der Waals surface area contributed by atoms with Crippen molar-refractivity contribution in [2.45, 2.75) is 25.0 Å². The smallest absolute Gasteiger partial charge is 0.411 e. The Morgan fingerprint density at radius 3 is 2.47 bits per heavy atom. The van der Waals surface area contributed by atoms with E-state index in [1.807, 2.05) is 42.5 Å². The van der Waals surface area contributed by atoms with Gasteiger partial charge in [0.15, 0.2) is 0 Å². The molecule has 3 aromatic rings. The van der Waals surface area contributed by atoms with E-state index in [9.17, 15) is 4.79 Å². The number of nitrogens with one attached hydrogen (secondary N) is 1. The molecule has 1 saturated heterocycles. The fourth-order valence-corrected chi connectivity index (χ4v) is 4.65. The van der Waals surface area contributed by atoms with Crippen molar-refractivity contribution >= 4 is 23.4 Å². The first kappa shape index (κ1) is 22.3. The molecule has 0 radical (unpaired) electrons. The molecule has 4 rings (SSSR count). The highest BCUT2D eigenvalue weighted by atomic mass is 35.5. The quantitative estimate of drug-likeness (QED) is 0.531. The number of likely N-dealkylation sites (N-methyl/N-ethyl adjacent to an activating group) is 1. The number of anilines is 1. The fraction of sp³-hybridized carbons (Fsp3) is 0.269. The van der Waals surface area contributed by atoms with Gasteiger partial charge >= 0.3 is 6.09 Å². The van der Waals surface area contributed by atoms with Gasteiger partial charge < -0.3 is 15.4 Å². The summed E-state index contributed by atoms with van der Waals surface area (Å²) in [5.41, 5.74) is 10.9. The highest BCUT2D eigenvalue weighted by Gasteiger charge is 2.33. The maximum absolute atomic E-state index is 12.3. The number of nitrogens with two attached hydrogens (primary N) is 1. The number of ether oxygens (including phenoxy) is 1. The summed E-state index contributed by atoms with van der Waals surface area (Å²) in [5, 5.41) is 3.41. The van der Waals surface area contributed by atoms with E-state index in [0.29, 0.717) is 23.2 Å². The third kappa shape index (κ3) is 5.49. The van der Waals surface area contributed by atoms with Crippen molar-refractivity contribution < 1.29 is 9.53 Å². The second kappa shape index (κ2) is 10.2. The molecular weight excluding hydrogens is 422 g/mol. The van der Waals surface area contributed by atoms with E-state index in [2.05, 4.69) is 41.5 Å². The first-order valence-corrected chi connectivity index (χ1v) is 11.2. The molecule has 1 amide bonds. The summed E-state index contributed by atoms with van der Waals surface area (Å²) in [7, 11) is 2.13. The second-order valence-corrected chi connectivity index (χ2v) is 8.78. The second-order valence-electron chi connectivity index (χ2n) is 8.34. The van der Waals surface area contributed by atoms with Crippen LogP contribution >= 0.6 is 11.6 Å². The van der Waals surface area contributed by atoms with Gasteiger partial charge in [0.05, 0.1) is 0 Å². The lowest BCUT2D eigenvalue weighted by Gasteiger charge is -2.21. The Hall–Kier alpha value is -2.86. The van der Waals surface area contributed by atoms with Crippen molar-refractivity contribution in [1.82, 2.24) is 4.90 Å². The summed E-state index contributed by atoms with van der Waals surface area (Å²) in [4.78, 5) is 14.7. The zero-order chi connectivity index (χ0) is 22.5. The van der Waals surface area contributed by atoms with Gasteiger partial charge in [-0.15, -0.1) is 0 Å². The number of halogens is 1. The fourth-order valence-electron chi connectivity index (χ4n) is 4.40. The molecule has 3 aromatic carbocycles. The van der Waals surface area contributed by atoms with Crippen LogP contribution in [0.15, 0.2) is 72.8 Å². The van der Waals surface area contributed by atoms with Crippen molar-refractivity contribution in [3.8, 4) is 0 Å². The normalized spacial score (nSPS) is 18.5. The third-order valence-corrected chi connectivity index (χ3v) is 6.14. The van der Waals surface area contributed by atoms with Crippen LogP contribution in [0.3, 0.4) is 0 Å². The highest BCUT2D eigenvalue weighted by Crippen LogP contribution is 2.40. The molecular formula is C26H28ClN3O2. The van der Waals surface area contributed by atoms with E-state index in [-0.39, 0.29) is 12.5 Å². The predicted molar refractivity (Wildman–Crippen MR) is 129 cm³/mol. The Bertz CT molecular complexity index is 1070. The first-order valence-electron chi connectivity index (χ1n) is 10.8. The number of benzene rings is 3. The summed E-state index contributed by atoms with van der Waals surface area (Å²) < 4.78 is 5.36. The Balaban J connectivity index is 1.51. The van der Waals surface area contributed by atoms with Crippen LogP contribution in [0.4, 0.5) is 10.5 Å². The lowest BCUT2D eigenvalue weighted by molar-refractivity contribution is 0.155. The number of hydrogen-bond donors (Lipinski definition) is 2. The number of rotatable bonds is 6. The van der Waals surface area contributed by atoms with E-state index < -0.39 is 6.09 Å². The minimum absolute atomic E-state index is 0.215. The molecule has 0 bridgehead atoms. The molecule has 3 N–H and O–H groups in total. The summed E-state index contributed by atoms with van der Waals surface area (Å²) in [5.74, 6) is 0.579. The van der Waals surface area contributed by atoms with Gasteiger partial charge in [-0.2, -0.15) is 0 Å². The Morgan fingerprint density at radius 2 is 1.72 bits per heavy atom. The molecule has 5 nitrogen and oxygen atoms in total. The summed E-state index contributed by atoms with van der Waals surface area (Å²) in [6.45, 7) is 2.60. The van der Waals surface area contributed by atoms with Crippen LogP contribution in [0, 0.1) is 0 Å². The molecule has 1 aliphatic heterocycles. The Kier molecular flexibility index (Phi) is 7.10. The van der Waals surface area contributed by atoms with Crippen LogP contribution in [0.25, 0.3) is 0 Å². The highest BCUT2D eigenvalue weighted by molar-refractivity contribution is 6.31. The largest absolute Gasteiger partial charge is 0.444 e. The average Bonchev–Trinajstić information content (AvgIpc) is 3.20. The lowest BCUT2D eigenvalue weighted by atomic mass is 9.83. The van der Waals surface area contributed by atoms with E-state index in [4.69, 9.17) is 22.1 Å². The van der Waals surface area contributed by atoms with Crippen LogP contribution in [0.1, 0.15) is 34.1 Å². The zero-order valence-electron chi connectivity index (χ0n) is 18.1. The van der Waals surface area contributed by atoms with Crippen LogP contribution < -0.4 is 11.1 Å². The maximum Gasteiger partial charge on any atom is 0.411 e. The SMILES string of the molecule is CN1C[C@H](c2cccc(CN)c2)[C@@H](c2cc(Cl)cc(NC(=O)OCc3ccccc3)c2)C1. The van der Waals surface area contributed by atoms with Gasteiger partial charge in [0, 0.05) is 42.2 Å². The van der Waals surface area contributed by atoms with E-state index >= 15 is 0 Å². The Labute approximate surface area is 194 Å². The number of carbonyl (C=O) groups is 1. The summed E-state index contributed by atoms with van der Waals surface area (Å²) in [6, 6.07) is 23.8. The monoisotopic (exact) mass is 449 g/mol. The van der Waals surface area contributed by atoms with Gasteiger partial charge in [0.2, 0.25) is 0 Å². The van der Waals surface area contributed by atoms with Gasteiger partial charge in [-0.3, -0.25) is 5.32 Å².